The Labute approximate surface area is 86.5 Å². The second-order valence-corrected chi connectivity index (χ2v) is 3.68. The van der Waals surface area contributed by atoms with Gasteiger partial charge in [0.25, 0.3) is 0 Å². The van der Waals surface area contributed by atoms with Crippen LogP contribution in [0, 0.1) is 6.92 Å². The van der Waals surface area contributed by atoms with Crippen molar-refractivity contribution in [1.82, 2.24) is 15.1 Å². The van der Waals surface area contributed by atoms with Crippen molar-refractivity contribution in [3.63, 3.8) is 0 Å². The molecule has 1 heterocycles. The highest BCUT2D eigenvalue weighted by atomic mass is 15.3. The Morgan fingerprint density at radius 1 is 1.50 bits per heavy atom. The fraction of sp³-hybridized carbons (Fsp3) is 0.727. The third kappa shape index (κ3) is 2.35. The lowest BCUT2D eigenvalue weighted by Gasteiger charge is -2.12. The predicted octanol–water partition coefficient (Wildman–Crippen LogP) is 2.27. The first-order valence-electron chi connectivity index (χ1n) is 5.46. The number of aromatic nitrogens is 2. The van der Waals surface area contributed by atoms with Crippen LogP contribution in [0.2, 0.25) is 0 Å². The van der Waals surface area contributed by atoms with Crippen LogP contribution in [0.15, 0.2) is 6.20 Å². The maximum absolute atomic E-state index is 4.34. The Bertz CT molecular complexity index is 278. The Kier molecular flexibility index (Phi) is 4.14. The van der Waals surface area contributed by atoms with Gasteiger partial charge in [-0.2, -0.15) is 5.10 Å². The standard InChI is InChI=1S/C11H21N3/c1-5-7-12-9(3)11-8-13-14(6-2)10(11)4/h8-9,12H,5-7H2,1-4H3. The summed E-state index contributed by atoms with van der Waals surface area (Å²) in [5.41, 5.74) is 2.60. The molecule has 1 rings (SSSR count). The summed E-state index contributed by atoms with van der Waals surface area (Å²) in [5.74, 6) is 0. The predicted molar refractivity (Wildman–Crippen MR) is 59.3 cm³/mol. The summed E-state index contributed by atoms with van der Waals surface area (Å²) in [5, 5.41) is 7.81. The lowest BCUT2D eigenvalue weighted by molar-refractivity contribution is 0.564. The zero-order valence-corrected chi connectivity index (χ0v) is 9.67. The van der Waals surface area contributed by atoms with Gasteiger partial charge in [-0.15, -0.1) is 0 Å². The smallest absolute Gasteiger partial charge is 0.0540 e. The molecule has 1 aromatic rings. The van der Waals surface area contributed by atoms with Gasteiger partial charge in [0.1, 0.15) is 0 Å². The third-order valence-corrected chi connectivity index (χ3v) is 2.61. The SMILES string of the molecule is CCCNC(C)c1cnn(CC)c1C. The molecule has 1 unspecified atom stereocenters. The molecule has 0 aliphatic carbocycles. The van der Waals surface area contributed by atoms with E-state index in [0.29, 0.717) is 6.04 Å². The second-order valence-electron chi connectivity index (χ2n) is 3.68. The van der Waals surface area contributed by atoms with E-state index in [1.165, 1.54) is 17.7 Å². The van der Waals surface area contributed by atoms with Crippen LogP contribution in [-0.4, -0.2) is 16.3 Å². The van der Waals surface area contributed by atoms with Gasteiger partial charge >= 0.3 is 0 Å². The molecule has 3 heteroatoms. The fourth-order valence-electron chi connectivity index (χ4n) is 1.68. The van der Waals surface area contributed by atoms with Gasteiger partial charge in [0.05, 0.1) is 6.20 Å². The average molecular weight is 195 g/mol. The Morgan fingerprint density at radius 2 is 2.21 bits per heavy atom. The van der Waals surface area contributed by atoms with Crippen molar-refractivity contribution in [2.24, 2.45) is 0 Å². The molecule has 0 aliphatic heterocycles. The molecule has 0 fully saturated rings. The summed E-state index contributed by atoms with van der Waals surface area (Å²) in [4.78, 5) is 0. The van der Waals surface area contributed by atoms with Gasteiger partial charge < -0.3 is 5.32 Å². The lowest BCUT2D eigenvalue weighted by Crippen LogP contribution is -2.19. The summed E-state index contributed by atoms with van der Waals surface area (Å²) < 4.78 is 2.04. The van der Waals surface area contributed by atoms with Gasteiger partial charge in [-0.3, -0.25) is 4.68 Å². The molecule has 0 bridgehead atoms. The van der Waals surface area contributed by atoms with Crippen LogP contribution in [0.4, 0.5) is 0 Å². The first kappa shape index (κ1) is 11.2. The van der Waals surface area contributed by atoms with Gasteiger partial charge in [-0.05, 0) is 33.7 Å². The lowest BCUT2D eigenvalue weighted by atomic mass is 10.1. The third-order valence-electron chi connectivity index (χ3n) is 2.61. The van der Waals surface area contributed by atoms with Crippen LogP contribution in [0.5, 0.6) is 0 Å². The van der Waals surface area contributed by atoms with E-state index in [4.69, 9.17) is 0 Å². The van der Waals surface area contributed by atoms with E-state index < -0.39 is 0 Å². The van der Waals surface area contributed by atoms with Crippen molar-refractivity contribution in [3.05, 3.63) is 17.5 Å². The van der Waals surface area contributed by atoms with Crippen LogP contribution < -0.4 is 5.32 Å². The molecule has 1 N–H and O–H groups in total. The highest BCUT2D eigenvalue weighted by Gasteiger charge is 2.11. The minimum Gasteiger partial charge on any atom is -0.310 e. The van der Waals surface area contributed by atoms with Crippen molar-refractivity contribution >= 4 is 0 Å². The van der Waals surface area contributed by atoms with E-state index in [2.05, 4.69) is 38.1 Å². The molecule has 3 nitrogen and oxygen atoms in total. The summed E-state index contributed by atoms with van der Waals surface area (Å²) in [6.07, 6.45) is 3.15. The normalized spacial score (nSPS) is 13.1. The second kappa shape index (κ2) is 5.15. The Morgan fingerprint density at radius 3 is 2.71 bits per heavy atom. The van der Waals surface area contributed by atoms with Crippen LogP contribution in [0.1, 0.15) is 44.5 Å². The Hall–Kier alpha value is -0.830. The molecule has 0 aliphatic rings. The maximum atomic E-state index is 4.34. The molecule has 0 spiro atoms. The molecule has 0 saturated carbocycles. The number of aryl methyl sites for hydroxylation is 1. The van der Waals surface area contributed by atoms with Gasteiger partial charge in [-0.1, -0.05) is 6.92 Å². The zero-order valence-electron chi connectivity index (χ0n) is 9.67. The van der Waals surface area contributed by atoms with E-state index >= 15 is 0 Å². The summed E-state index contributed by atoms with van der Waals surface area (Å²) in [7, 11) is 0. The summed E-state index contributed by atoms with van der Waals surface area (Å²) >= 11 is 0. The van der Waals surface area contributed by atoms with E-state index in [1.54, 1.807) is 0 Å². The molecule has 1 aromatic heterocycles. The Balaban J connectivity index is 2.69. The topological polar surface area (TPSA) is 29.9 Å². The minimum atomic E-state index is 0.412. The first-order valence-corrected chi connectivity index (χ1v) is 5.46. The fourth-order valence-corrected chi connectivity index (χ4v) is 1.68. The maximum Gasteiger partial charge on any atom is 0.0540 e. The van der Waals surface area contributed by atoms with Crippen LogP contribution in [0.3, 0.4) is 0 Å². The number of hydrogen-bond acceptors (Lipinski definition) is 2. The number of rotatable bonds is 5. The van der Waals surface area contributed by atoms with Crippen molar-refractivity contribution in [2.45, 2.75) is 46.7 Å². The molecular weight excluding hydrogens is 174 g/mol. The van der Waals surface area contributed by atoms with Crippen LogP contribution in [-0.2, 0) is 6.54 Å². The molecule has 0 amide bonds. The highest BCUT2D eigenvalue weighted by molar-refractivity contribution is 5.19. The van der Waals surface area contributed by atoms with Gasteiger partial charge in [0.2, 0.25) is 0 Å². The van der Waals surface area contributed by atoms with Gasteiger partial charge in [-0.25, -0.2) is 0 Å². The molecule has 0 radical (unpaired) electrons. The van der Waals surface area contributed by atoms with Crippen LogP contribution >= 0.6 is 0 Å². The molecule has 0 saturated heterocycles. The van der Waals surface area contributed by atoms with Gasteiger partial charge in [0, 0.05) is 23.8 Å². The molecule has 80 valence electrons. The van der Waals surface area contributed by atoms with E-state index in [1.807, 2.05) is 10.9 Å². The number of hydrogen-bond donors (Lipinski definition) is 1. The van der Waals surface area contributed by atoms with Gasteiger partial charge in [0.15, 0.2) is 0 Å². The molecule has 0 aromatic carbocycles. The molecular formula is C11H21N3. The first-order chi connectivity index (χ1) is 6.70. The van der Waals surface area contributed by atoms with Crippen LogP contribution in [0.25, 0.3) is 0 Å². The quantitative estimate of drug-likeness (QED) is 0.781. The molecule has 1 atom stereocenters. The van der Waals surface area contributed by atoms with Crippen molar-refractivity contribution in [1.29, 1.82) is 0 Å². The average Bonchev–Trinajstić information content (AvgIpc) is 2.56. The minimum absolute atomic E-state index is 0.412. The molecule has 14 heavy (non-hydrogen) atoms. The van der Waals surface area contributed by atoms with E-state index in [0.717, 1.165) is 13.1 Å². The largest absolute Gasteiger partial charge is 0.310 e. The highest BCUT2D eigenvalue weighted by Crippen LogP contribution is 2.16. The van der Waals surface area contributed by atoms with Crippen molar-refractivity contribution in [2.75, 3.05) is 6.54 Å². The summed E-state index contributed by atoms with van der Waals surface area (Å²) in [6, 6.07) is 0.412. The number of nitrogens with one attached hydrogen (secondary N) is 1. The van der Waals surface area contributed by atoms with E-state index in [9.17, 15) is 0 Å². The van der Waals surface area contributed by atoms with Crippen molar-refractivity contribution in [3.8, 4) is 0 Å². The monoisotopic (exact) mass is 195 g/mol. The van der Waals surface area contributed by atoms with Crippen molar-refractivity contribution < 1.29 is 0 Å². The number of nitrogens with zero attached hydrogens (tertiary/aromatic N) is 2. The van der Waals surface area contributed by atoms with E-state index in [-0.39, 0.29) is 0 Å². The summed E-state index contributed by atoms with van der Waals surface area (Å²) in [6.45, 7) is 10.6. The zero-order chi connectivity index (χ0) is 10.6.